The van der Waals surface area contributed by atoms with E-state index in [-0.39, 0.29) is 0 Å². The molecule has 0 saturated carbocycles. The Balaban J connectivity index is 1.49. The summed E-state index contributed by atoms with van der Waals surface area (Å²) in [6.45, 7) is 2.04. The van der Waals surface area contributed by atoms with E-state index in [1.54, 1.807) is 23.9 Å². The maximum atomic E-state index is 13.7. The molecule has 1 unspecified atom stereocenters. The van der Waals surface area contributed by atoms with Crippen molar-refractivity contribution in [2.75, 3.05) is 5.32 Å². The van der Waals surface area contributed by atoms with E-state index in [0.29, 0.717) is 17.9 Å². The quantitative estimate of drug-likeness (QED) is 0.197. The highest BCUT2D eigenvalue weighted by atomic mass is 32.2. The smallest absolute Gasteiger partial charge is 0.319 e. The highest BCUT2D eigenvalue weighted by Crippen LogP contribution is 2.29. The van der Waals surface area contributed by atoms with Gasteiger partial charge in [-0.15, -0.1) is 10.2 Å². The van der Waals surface area contributed by atoms with Crippen LogP contribution in [-0.4, -0.2) is 20.8 Å². The molecule has 0 bridgehead atoms. The van der Waals surface area contributed by atoms with Gasteiger partial charge in [-0.05, 0) is 48.4 Å². The largest absolute Gasteiger partial charge is 0.327 e. The molecule has 196 valence electrons. The van der Waals surface area contributed by atoms with Gasteiger partial charge in [-0.2, -0.15) is 0 Å². The summed E-state index contributed by atoms with van der Waals surface area (Å²) in [5.74, 6) is 0.905. The van der Waals surface area contributed by atoms with Gasteiger partial charge in [0, 0.05) is 23.5 Å². The van der Waals surface area contributed by atoms with Crippen LogP contribution in [0.5, 0.6) is 0 Å². The van der Waals surface area contributed by atoms with Crippen molar-refractivity contribution >= 4 is 23.5 Å². The van der Waals surface area contributed by atoms with Gasteiger partial charge in [-0.1, -0.05) is 96.2 Å². The standard InChI is InChI=1S/C31H28FN5OS/c1-22-15-17-27(18-16-22)37-29(35-36-31(37)39-21-24-11-6-3-7-12-24)28(19-23-9-4-2-5-10-23)34-30(38)33-26-14-8-13-25(32)20-26/h2-18,20,28H,19,21H2,1H3,(H2,33,34,38). The van der Waals surface area contributed by atoms with Crippen molar-refractivity contribution < 1.29 is 9.18 Å². The van der Waals surface area contributed by atoms with Crippen molar-refractivity contribution in [2.24, 2.45) is 0 Å². The highest BCUT2D eigenvalue weighted by Gasteiger charge is 2.25. The lowest BCUT2D eigenvalue weighted by Gasteiger charge is -2.21. The van der Waals surface area contributed by atoms with E-state index >= 15 is 0 Å². The van der Waals surface area contributed by atoms with Crippen molar-refractivity contribution in [3.8, 4) is 5.69 Å². The molecule has 1 atom stereocenters. The minimum Gasteiger partial charge on any atom is -0.327 e. The van der Waals surface area contributed by atoms with Crippen LogP contribution in [0.2, 0.25) is 0 Å². The van der Waals surface area contributed by atoms with E-state index in [1.165, 1.54) is 17.7 Å². The lowest BCUT2D eigenvalue weighted by atomic mass is 10.1. The SMILES string of the molecule is Cc1ccc(-n2c(SCc3ccccc3)nnc2C(Cc2ccccc2)NC(=O)Nc2cccc(F)c2)cc1. The fourth-order valence-corrected chi connectivity index (χ4v) is 5.12. The van der Waals surface area contributed by atoms with E-state index in [9.17, 15) is 9.18 Å². The summed E-state index contributed by atoms with van der Waals surface area (Å²) < 4.78 is 15.7. The van der Waals surface area contributed by atoms with Gasteiger partial charge in [0.25, 0.3) is 0 Å². The monoisotopic (exact) mass is 537 g/mol. The third-order valence-electron chi connectivity index (χ3n) is 6.14. The number of aromatic nitrogens is 3. The second-order valence-corrected chi connectivity index (χ2v) is 10.1. The summed E-state index contributed by atoms with van der Waals surface area (Å²) >= 11 is 1.59. The summed E-state index contributed by atoms with van der Waals surface area (Å²) in [4.78, 5) is 13.1. The first-order chi connectivity index (χ1) is 19.0. The van der Waals surface area contributed by atoms with Crippen LogP contribution >= 0.6 is 11.8 Å². The highest BCUT2D eigenvalue weighted by molar-refractivity contribution is 7.98. The molecule has 8 heteroatoms. The molecule has 5 rings (SSSR count). The third kappa shape index (κ3) is 6.91. The van der Waals surface area contributed by atoms with Crippen molar-refractivity contribution in [1.82, 2.24) is 20.1 Å². The molecule has 39 heavy (non-hydrogen) atoms. The van der Waals surface area contributed by atoms with Crippen LogP contribution < -0.4 is 10.6 Å². The topological polar surface area (TPSA) is 71.8 Å². The Morgan fingerprint density at radius 3 is 2.26 bits per heavy atom. The number of anilines is 1. The zero-order valence-electron chi connectivity index (χ0n) is 21.4. The molecule has 0 aliphatic rings. The molecule has 1 heterocycles. The molecule has 0 aliphatic carbocycles. The molecular formula is C31H28FN5OS. The minimum atomic E-state index is -0.513. The van der Waals surface area contributed by atoms with E-state index in [2.05, 4.69) is 33.0 Å². The van der Waals surface area contributed by atoms with E-state index in [1.807, 2.05) is 84.3 Å². The van der Waals surface area contributed by atoms with E-state index in [0.717, 1.165) is 27.7 Å². The Bertz CT molecular complexity index is 1520. The maximum Gasteiger partial charge on any atom is 0.319 e. The Labute approximate surface area is 231 Å². The predicted molar refractivity (Wildman–Crippen MR) is 154 cm³/mol. The second-order valence-electron chi connectivity index (χ2n) is 9.14. The second kappa shape index (κ2) is 12.4. The molecule has 1 aromatic heterocycles. The summed E-state index contributed by atoms with van der Waals surface area (Å²) in [7, 11) is 0. The molecule has 0 aliphatic heterocycles. The first-order valence-corrected chi connectivity index (χ1v) is 13.6. The number of aryl methyl sites for hydroxylation is 1. The number of carbonyl (C=O) groups is 1. The number of benzene rings is 4. The Morgan fingerprint density at radius 2 is 1.56 bits per heavy atom. The zero-order valence-corrected chi connectivity index (χ0v) is 22.2. The molecule has 2 N–H and O–H groups in total. The summed E-state index contributed by atoms with van der Waals surface area (Å²) in [6, 6.07) is 33.1. The van der Waals surface area contributed by atoms with Crippen LogP contribution in [0.1, 0.15) is 28.6 Å². The van der Waals surface area contributed by atoms with Gasteiger partial charge in [0.15, 0.2) is 11.0 Å². The molecule has 4 aromatic carbocycles. The van der Waals surface area contributed by atoms with E-state index in [4.69, 9.17) is 0 Å². The molecule has 5 aromatic rings. The van der Waals surface area contributed by atoms with Crippen molar-refractivity contribution in [1.29, 1.82) is 0 Å². The van der Waals surface area contributed by atoms with Crippen LogP contribution in [0.3, 0.4) is 0 Å². The van der Waals surface area contributed by atoms with Crippen molar-refractivity contribution in [3.63, 3.8) is 0 Å². The van der Waals surface area contributed by atoms with Crippen LogP contribution in [-0.2, 0) is 12.2 Å². The Hall–Kier alpha value is -4.43. The molecule has 0 fully saturated rings. The van der Waals surface area contributed by atoms with Gasteiger partial charge in [-0.25, -0.2) is 9.18 Å². The van der Waals surface area contributed by atoms with E-state index < -0.39 is 17.9 Å². The van der Waals surface area contributed by atoms with Gasteiger partial charge in [-0.3, -0.25) is 4.57 Å². The number of carbonyl (C=O) groups excluding carboxylic acids is 1. The van der Waals surface area contributed by atoms with Crippen molar-refractivity contribution in [3.05, 3.63) is 138 Å². The number of halogens is 1. The fraction of sp³-hybridized carbons (Fsp3) is 0.129. The van der Waals surface area contributed by atoms with Crippen LogP contribution in [0.15, 0.2) is 114 Å². The Kier molecular flexibility index (Phi) is 8.33. The number of nitrogens with zero attached hydrogens (tertiary/aromatic N) is 3. The number of hydrogen-bond donors (Lipinski definition) is 2. The normalized spacial score (nSPS) is 11.6. The predicted octanol–water partition coefficient (Wildman–Crippen LogP) is 7.11. The molecule has 0 saturated heterocycles. The van der Waals surface area contributed by atoms with Crippen molar-refractivity contribution in [2.45, 2.75) is 30.3 Å². The molecule has 2 amide bonds. The first-order valence-electron chi connectivity index (χ1n) is 12.6. The average Bonchev–Trinajstić information content (AvgIpc) is 3.37. The number of nitrogens with one attached hydrogen (secondary N) is 2. The number of hydrogen-bond acceptors (Lipinski definition) is 4. The van der Waals surface area contributed by atoms with Gasteiger partial charge in [0.05, 0.1) is 6.04 Å². The van der Waals surface area contributed by atoms with Crippen LogP contribution in [0.4, 0.5) is 14.9 Å². The van der Waals surface area contributed by atoms with Gasteiger partial charge in [0.2, 0.25) is 0 Å². The molecule has 0 radical (unpaired) electrons. The fourth-order valence-electron chi connectivity index (χ4n) is 4.21. The van der Waals surface area contributed by atoms with Crippen LogP contribution in [0, 0.1) is 12.7 Å². The first kappa shape index (κ1) is 26.2. The van der Waals surface area contributed by atoms with Crippen LogP contribution in [0.25, 0.3) is 5.69 Å². The number of urea groups is 1. The molecule has 0 spiro atoms. The number of thioether (sulfide) groups is 1. The number of amides is 2. The summed E-state index contributed by atoms with van der Waals surface area (Å²) in [5, 5.41) is 15.7. The lowest BCUT2D eigenvalue weighted by molar-refractivity contribution is 0.247. The maximum absolute atomic E-state index is 13.7. The van der Waals surface area contributed by atoms with Gasteiger partial charge < -0.3 is 10.6 Å². The third-order valence-corrected chi connectivity index (χ3v) is 7.14. The summed E-state index contributed by atoms with van der Waals surface area (Å²) in [5.41, 5.74) is 4.62. The van der Waals surface area contributed by atoms with Gasteiger partial charge in [0.1, 0.15) is 5.82 Å². The zero-order chi connectivity index (χ0) is 27.0. The minimum absolute atomic E-state index is 0.366. The number of rotatable bonds is 9. The Morgan fingerprint density at radius 1 is 0.872 bits per heavy atom. The average molecular weight is 538 g/mol. The molecular weight excluding hydrogens is 509 g/mol. The molecule has 6 nitrogen and oxygen atoms in total. The lowest BCUT2D eigenvalue weighted by Crippen LogP contribution is -2.35. The summed E-state index contributed by atoms with van der Waals surface area (Å²) in [6.07, 6.45) is 0.491. The van der Waals surface area contributed by atoms with Gasteiger partial charge >= 0.3 is 6.03 Å².